The van der Waals surface area contributed by atoms with Crippen molar-refractivity contribution in [3.8, 4) is 0 Å². The molecule has 1 aliphatic rings. The maximum atomic E-state index is 11.7. The number of aliphatic carboxylic acids is 1. The van der Waals surface area contributed by atoms with Gasteiger partial charge in [-0.1, -0.05) is 12.1 Å². The summed E-state index contributed by atoms with van der Waals surface area (Å²) in [4.78, 5) is 21.6. The number of nitrogens with one attached hydrogen (secondary N) is 1. The third-order valence-electron chi connectivity index (χ3n) is 4.39. The molecule has 2 aromatic heterocycles. The maximum absolute atomic E-state index is 11.7. The monoisotopic (exact) mass is 447 g/mol. The van der Waals surface area contributed by atoms with E-state index in [2.05, 4.69) is 30.8 Å². The van der Waals surface area contributed by atoms with Crippen LogP contribution < -0.4 is 4.90 Å². The normalized spacial score (nSPS) is 15.4. The summed E-state index contributed by atoms with van der Waals surface area (Å²) in [5.41, 5.74) is 1.68. The highest BCUT2D eigenvalue weighted by Crippen LogP contribution is 2.35. The third kappa shape index (κ3) is 4.06. The molecule has 1 aromatic carbocycles. The van der Waals surface area contributed by atoms with Crippen LogP contribution in [0.2, 0.25) is 0 Å². The summed E-state index contributed by atoms with van der Waals surface area (Å²) in [7, 11) is 0. The number of thioether (sulfide) groups is 1. The SMILES string of the molecule is O=C(O)/C(=C/c1cc(Br)c(N2CCCCC2)o1)Sc1nc2ccccc2[nH]1. The van der Waals surface area contributed by atoms with E-state index in [4.69, 9.17) is 4.42 Å². The lowest BCUT2D eigenvalue weighted by molar-refractivity contribution is -0.131. The molecule has 4 rings (SSSR count). The number of anilines is 1. The molecular weight excluding hydrogens is 430 g/mol. The number of aromatic nitrogens is 2. The Morgan fingerprint density at radius 3 is 2.81 bits per heavy atom. The number of aromatic amines is 1. The summed E-state index contributed by atoms with van der Waals surface area (Å²) in [5.74, 6) is 0.246. The maximum Gasteiger partial charge on any atom is 0.342 e. The van der Waals surface area contributed by atoms with Crippen molar-refractivity contribution in [2.24, 2.45) is 0 Å². The van der Waals surface area contributed by atoms with E-state index >= 15 is 0 Å². The van der Waals surface area contributed by atoms with Gasteiger partial charge in [0, 0.05) is 25.2 Å². The number of hydrogen-bond acceptors (Lipinski definition) is 5. The minimum Gasteiger partial charge on any atom is -0.477 e. The smallest absolute Gasteiger partial charge is 0.342 e. The number of hydrogen-bond donors (Lipinski definition) is 2. The van der Waals surface area contributed by atoms with Crippen molar-refractivity contribution < 1.29 is 14.3 Å². The molecule has 0 bridgehead atoms. The van der Waals surface area contributed by atoms with E-state index in [0.717, 1.165) is 59.1 Å². The lowest BCUT2D eigenvalue weighted by Crippen LogP contribution is -2.29. The van der Waals surface area contributed by atoms with Gasteiger partial charge in [-0.05, 0) is 59.1 Å². The summed E-state index contributed by atoms with van der Waals surface area (Å²) in [6.45, 7) is 1.91. The lowest BCUT2D eigenvalue weighted by Gasteiger charge is -2.26. The predicted molar refractivity (Wildman–Crippen MR) is 110 cm³/mol. The van der Waals surface area contributed by atoms with Gasteiger partial charge in [0.2, 0.25) is 5.88 Å². The van der Waals surface area contributed by atoms with Gasteiger partial charge in [-0.15, -0.1) is 0 Å². The van der Waals surface area contributed by atoms with Crippen LogP contribution in [-0.4, -0.2) is 34.1 Å². The molecule has 0 spiro atoms. The second-order valence-corrected chi connectivity index (χ2v) is 8.21. The van der Waals surface area contributed by atoms with Gasteiger partial charge < -0.3 is 19.4 Å². The van der Waals surface area contributed by atoms with Gasteiger partial charge in [0.1, 0.15) is 10.7 Å². The number of rotatable bonds is 5. The number of halogens is 1. The number of benzene rings is 1. The first-order valence-electron chi connectivity index (χ1n) is 8.72. The van der Waals surface area contributed by atoms with Crippen molar-refractivity contribution in [3.63, 3.8) is 0 Å². The van der Waals surface area contributed by atoms with E-state index in [0.29, 0.717) is 10.9 Å². The molecule has 0 saturated carbocycles. The number of imidazole rings is 1. The van der Waals surface area contributed by atoms with Crippen molar-refractivity contribution in [1.29, 1.82) is 0 Å². The third-order valence-corrected chi connectivity index (χ3v) is 5.86. The second-order valence-electron chi connectivity index (χ2n) is 6.32. The topological polar surface area (TPSA) is 82.4 Å². The molecule has 6 nitrogen and oxygen atoms in total. The quantitative estimate of drug-likeness (QED) is 0.416. The fourth-order valence-electron chi connectivity index (χ4n) is 3.11. The minimum atomic E-state index is -1.02. The Morgan fingerprint density at radius 2 is 2.07 bits per heavy atom. The summed E-state index contributed by atoms with van der Waals surface area (Å²) >= 11 is 4.61. The van der Waals surface area contributed by atoms with E-state index in [9.17, 15) is 9.90 Å². The largest absolute Gasteiger partial charge is 0.477 e. The molecule has 140 valence electrons. The van der Waals surface area contributed by atoms with Crippen molar-refractivity contribution in [2.75, 3.05) is 18.0 Å². The number of para-hydroxylation sites is 2. The average molecular weight is 448 g/mol. The van der Waals surface area contributed by atoms with E-state index < -0.39 is 5.97 Å². The van der Waals surface area contributed by atoms with E-state index in [1.54, 1.807) is 6.08 Å². The first-order valence-corrected chi connectivity index (χ1v) is 10.3. The summed E-state index contributed by atoms with van der Waals surface area (Å²) < 4.78 is 6.77. The Balaban J connectivity index is 1.60. The van der Waals surface area contributed by atoms with Gasteiger partial charge in [0.25, 0.3) is 0 Å². The molecule has 1 aliphatic heterocycles. The predicted octanol–water partition coefficient (Wildman–Crippen LogP) is 5.13. The van der Waals surface area contributed by atoms with Crippen LogP contribution in [0.25, 0.3) is 17.1 Å². The molecular formula is C19H18BrN3O3S. The second kappa shape index (κ2) is 7.82. The van der Waals surface area contributed by atoms with Crippen LogP contribution in [0.4, 0.5) is 5.88 Å². The number of nitrogens with zero attached hydrogens (tertiary/aromatic N) is 2. The molecule has 0 unspecified atom stereocenters. The van der Waals surface area contributed by atoms with Crippen LogP contribution >= 0.6 is 27.7 Å². The van der Waals surface area contributed by atoms with Gasteiger partial charge in [0.05, 0.1) is 15.5 Å². The lowest BCUT2D eigenvalue weighted by atomic mass is 10.1. The van der Waals surface area contributed by atoms with Crippen molar-refractivity contribution in [1.82, 2.24) is 9.97 Å². The van der Waals surface area contributed by atoms with Crippen LogP contribution in [0.15, 0.2) is 49.3 Å². The van der Waals surface area contributed by atoms with Gasteiger partial charge in [-0.25, -0.2) is 9.78 Å². The first-order chi connectivity index (χ1) is 13.1. The van der Waals surface area contributed by atoms with Crippen molar-refractivity contribution in [2.45, 2.75) is 24.4 Å². The zero-order valence-corrected chi connectivity index (χ0v) is 16.8. The van der Waals surface area contributed by atoms with E-state index in [1.165, 1.54) is 6.42 Å². The molecule has 3 aromatic rings. The summed E-state index contributed by atoms with van der Waals surface area (Å²) in [5, 5.41) is 10.1. The number of carbonyl (C=O) groups is 1. The number of carboxylic acids is 1. The van der Waals surface area contributed by atoms with Crippen LogP contribution in [0.3, 0.4) is 0 Å². The molecule has 0 amide bonds. The summed E-state index contributed by atoms with van der Waals surface area (Å²) in [6.07, 6.45) is 5.05. The molecule has 0 atom stereocenters. The van der Waals surface area contributed by atoms with E-state index in [-0.39, 0.29) is 4.91 Å². The number of piperidine rings is 1. The zero-order chi connectivity index (χ0) is 18.8. The highest BCUT2D eigenvalue weighted by Gasteiger charge is 2.20. The molecule has 1 fully saturated rings. The van der Waals surface area contributed by atoms with Crippen molar-refractivity contribution in [3.05, 3.63) is 45.5 Å². The molecule has 3 heterocycles. The number of furan rings is 1. The van der Waals surface area contributed by atoms with E-state index in [1.807, 2.05) is 30.3 Å². The fraction of sp³-hybridized carbons (Fsp3) is 0.263. The highest BCUT2D eigenvalue weighted by atomic mass is 79.9. The Kier molecular flexibility index (Phi) is 5.27. The Hall–Kier alpha value is -2.19. The number of H-pyrrole nitrogens is 1. The van der Waals surface area contributed by atoms with Crippen molar-refractivity contribution >= 4 is 56.7 Å². The average Bonchev–Trinajstić information content (AvgIpc) is 3.24. The molecule has 0 aliphatic carbocycles. The van der Waals surface area contributed by atoms with Crippen LogP contribution in [0.1, 0.15) is 25.0 Å². The highest BCUT2D eigenvalue weighted by molar-refractivity contribution is 9.10. The minimum absolute atomic E-state index is 0.139. The number of fused-ring (bicyclic) bond motifs is 1. The molecule has 27 heavy (non-hydrogen) atoms. The van der Waals surface area contributed by atoms with Gasteiger partial charge in [0.15, 0.2) is 5.16 Å². The van der Waals surface area contributed by atoms with Crippen LogP contribution in [-0.2, 0) is 4.79 Å². The molecule has 0 radical (unpaired) electrons. The van der Waals surface area contributed by atoms with Gasteiger partial charge in [-0.3, -0.25) is 0 Å². The number of carboxylic acid groups (broad SMARTS) is 1. The van der Waals surface area contributed by atoms with Crippen LogP contribution in [0, 0.1) is 0 Å². The molecule has 2 N–H and O–H groups in total. The van der Waals surface area contributed by atoms with Crippen LogP contribution in [0.5, 0.6) is 0 Å². The fourth-order valence-corrected chi connectivity index (χ4v) is 4.44. The molecule has 8 heteroatoms. The Labute approximate surface area is 168 Å². The first kappa shape index (κ1) is 18.2. The van der Waals surface area contributed by atoms with Gasteiger partial charge >= 0.3 is 5.97 Å². The van der Waals surface area contributed by atoms with Gasteiger partial charge in [-0.2, -0.15) is 0 Å². The standard InChI is InChI=1S/C19H18BrN3O3S/c20-13-10-12(26-17(13)23-8-4-1-5-9-23)11-16(18(24)25)27-19-21-14-6-2-3-7-15(14)22-19/h2-3,6-7,10-11H,1,4-5,8-9H2,(H,21,22)(H,24,25)/b16-11-. The summed E-state index contributed by atoms with van der Waals surface area (Å²) in [6, 6.07) is 9.41. The zero-order valence-electron chi connectivity index (χ0n) is 14.4. The Bertz CT molecular complexity index is 972. The molecule has 1 saturated heterocycles. The Morgan fingerprint density at radius 1 is 1.30 bits per heavy atom.